The number of alkyl carbamates (subject to hydrolysis) is 1. The summed E-state index contributed by atoms with van der Waals surface area (Å²) in [5.41, 5.74) is 4.70. The number of carbonyl (C=O) groups is 1. The maximum Gasteiger partial charge on any atom is 0.408 e. The first-order valence-electron chi connectivity index (χ1n) is 12.2. The van der Waals surface area contributed by atoms with Crippen molar-refractivity contribution in [2.75, 3.05) is 19.6 Å². The van der Waals surface area contributed by atoms with E-state index in [-0.39, 0.29) is 18.2 Å². The Kier molecular flexibility index (Phi) is 7.31. The minimum atomic E-state index is -0.326. The van der Waals surface area contributed by atoms with E-state index in [4.69, 9.17) is 4.74 Å². The second kappa shape index (κ2) is 10.7. The molecular weight excluding hydrogens is 488 g/mol. The molecule has 0 spiro atoms. The summed E-state index contributed by atoms with van der Waals surface area (Å²) in [6.07, 6.45) is 3.84. The smallest absolute Gasteiger partial charge is 0.408 e. The van der Waals surface area contributed by atoms with Gasteiger partial charge in [-0.1, -0.05) is 82.7 Å². The normalized spacial score (nSPS) is 22.2. The van der Waals surface area contributed by atoms with Gasteiger partial charge in [-0.05, 0) is 79.1 Å². The number of aryl methyl sites for hydroxylation is 2. The molecule has 2 bridgehead atoms. The van der Waals surface area contributed by atoms with Crippen LogP contribution in [-0.4, -0.2) is 36.7 Å². The summed E-state index contributed by atoms with van der Waals surface area (Å²) in [6, 6.07) is 27.0. The van der Waals surface area contributed by atoms with Crippen molar-refractivity contribution in [3.8, 4) is 0 Å². The largest absolute Gasteiger partial charge is 0.445 e. The summed E-state index contributed by atoms with van der Waals surface area (Å²) in [5, 5.41) is 3.18. The molecule has 3 aliphatic rings. The number of hydrogen-bond donors (Lipinski definition) is 1. The van der Waals surface area contributed by atoms with E-state index in [0.717, 1.165) is 60.9 Å². The van der Waals surface area contributed by atoms with Gasteiger partial charge in [0, 0.05) is 11.0 Å². The van der Waals surface area contributed by atoms with E-state index in [1.165, 1.54) is 11.1 Å². The molecule has 0 saturated carbocycles. The van der Waals surface area contributed by atoms with Crippen molar-refractivity contribution < 1.29 is 9.53 Å². The molecule has 1 N–H and O–H groups in total. The quantitative estimate of drug-likeness (QED) is 0.408. The highest BCUT2D eigenvalue weighted by molar-refractivity contribution is 9.10. The average Bonchev–Trinajstić information content (AvgIpc) is 2.88. The molecule has 3 heterocycles. The number of fused-ring (bicyclic) bond motifs is 3. The third-order valence-corrected chi connectivity index (χ3v) is 7.68. The minimum Gasteiger partial charge on any atom is -0.445 e. The first-order valence-corrected chi connectivity index (χ1v) is 13.0. The lowest BCUT2D eigenvalue weighted by molar-refractivity contribution is -0.0336. The molecule has 0 aliphatic carbocycles. The van der Waals surface area contributed by atoms with Crippen LogP contribution < -0.4 is 5.32 Å². The lowest BCUT2D eigenvalue weighted by atomic mass is 9.86. The van der Waals surface area contributed by atoms with E-state index in [1.807, 2.05) is 18.2 Å². The first-order chi connectivity index (χ1) is 16.6. The molecule has 3 aliphatic heterocycles. The molecule has 3 saturated heterocycles. The Hall–Kier alpha value is -2.63. The summed E-state index contributed by atoms with van der Waals surface area (Å²) in [5.74, 6) is 0.493. The molecule has 6 rings (SSSR count). The Bertz CT molecular complexity index is 1090. The lowest BCUT2D eigenvalue weighted by Crippen LogP contribution is -2.52. The number of amides is 1. The van der Waals surface area contributed by atoms with Crippen molar-refractivity contribution in [3.63, 3.8) is 0 Å². The molecule has 176 valence electrons. The van der Waals surface area contributed by atoms with Gasteiger partial charge in [0.15, 0.2) is 0 Å². The Morgan fingerprint density at radius 1 is 0.912 bits per heavy atom. The number of hydrogen-bond acceptors (Lipinski definition) is 3. The zero-order chi connectivity index (χ0) is 23.3. The Balaban J connectivity index is 1.30. The summed E-state index contributed by atoms with van der Waals surface area (Å²) < 4.78 is 7.05. The van der Waals surface area contributed by atoms with E-state index < -0.39 is 0 Å². The van der Waals surface area contributed by atoms with Crippen LogP contribution in [-0.2, 0) is 17.6 Å². The zero-order valence-electron chi connectivity index (χ0n) is 19.3. The number of ether oxygens (including phenoxy) is 1. The fourth-order valence-electron chi connectivity index (χ4n) is 5.21. The van der Waals surface area contributed by atoms with Gasteiger partial charge in [0.2, 0.25) is 0 Å². The van der Waals surface area contributed by atoms with Gasteiger partial charge in [-0.25, -0.2) is 4.79 Å². The van der Waals surface area contributed by atoms with Crippen molar-refractivity contribution >= 4 is 22.0 Å². The fraction of sp³-hybridized carbons (Fsp3) is 0.345. The second-order valence-corrected chi connectivity index (χ2v) is 10.4. The van der Waals surface area contributed by atoms with E-state index in [9.17, 15) is 4.79 Å². The monoisotopic (exact) mass is 518 g/mol. The van der Waals surface area contributed by atoms with Crippen LogP contribution in [0.2, 0.25) is 0 Å². The zero-order valence-corrected chi connectivity index (χ0v) is 20.9. The van der Waals surface area contributed by atoms with Gasteiger partial charge < -0.3 is 10.1 Å². The van der Waals surface area contributed by atoms with Crippen LogP contribution in [0.3, 0.4) is 0 Å². The van der Waals surface area contributed by atoms with Crippen LogP contribution >= 0.6 is 15.9 Å². The maximum absolute atomic E-state index is 13.0. The lowest BCUT2D eigenvalue weighted by Gasteiger charge is -2.43. The van der Waals surface area contributed by atoms with Crippen LogP contribution in [0.25, 0.3) is 0 Å². The molecule has 3 aromatic rings. The van der Waals surface area contributed by atoms with Crippen molar-refractivity contribution in [1.82, 2.24) is 10.2 Å². The van der Waals surface area contributed by atoms with Crippen LogP contribution in [0.15, 0.2) is 83.3 Å². The van der Waals surface area contributed by atoms with Gasteiger partial charge in [0.25, 0.3) is 0 Å². The standard InChI is InChI=1S/C29H31BrN2O2/c30-26-13-11-21(12-14-26)9-10-22-5-4-8-25(19-22)28(24-6-2-1-3-7-24)31-29(33)34-27-20-32-17-15-23(27)16-18-32/h1-8,11-14,19,23,27-28H,9-10,15-18,20H2,(H,31,33)/t27-,28?/m0/s1. The molecule has 4 nitrogen and oxygen atoms in total. The SMILES string of the molecule is O=C(NC(c1ccccc1)c1cccc(CCc2ccc(Br)cc2)c1)O[C@H]1CN2CCC1CC2. The van der Waals surface area contributed by atoms with Gasteiger partial charge in [-0.2, -0.15) is 0 Å². The number of halogens is 1. The van der Waals surface area contributed by atoms with Gasteiger partial charge in [0.1, 0.15) is 6.10 Å². The van der Waals surface area contributed by atoms with Crippen LogP contribution in [0.5, 0.6) is 0 Å². The number of benzene rings is 3. The van der Waals surface area contributed by atoms with E-state index in [0.29, 0.717) is 5.92 Å². The van der Waals surface area contributed by atoms with Crippen molar-refractivity contribution in [3.05, 3.63) is 106 Å². The van der Waals surface area contributed by atoms with Gasteiger partial charge in [0.05, 0.1) is 6.04 Å². The maximum atomic E-state index is 13.0. The molecule has 0 aromatic heterocycles. The van der Waals surface area contributed by atoms with Crippen LogP contribution in [0.4, 0.5) is 4.79 Å². The number of carbonyl (C=O) groups excluding carboxylic acids is 1. The number of piperidine rings is 3. The summed E-state index contributed by atoms with van der Waals surface area (Å²) >= 11 is 3.50. The first kappa shape index (κ1) is 23.1. The Morgan fingerprint density at radius 3 is 2.32 bits per heavy atom. The van der Waals surface area contributed by atoms with Crippen molar-refractivity contribution in [1.29, 1.82) is 0 Å². The number of rotatable bonds is 7. The topological polar surface area (TPSA) is 41.6 Å². The third-order valence-electron chi connectivity index (χ3n) is 7.15. The molecule has 2 atom stereocenters. The predicted molar refractivity (Wildman–Crippen MR) is 139 cm³/mol. The highest BCUT2D eigenvalue weighted by atomic mass is 79.9. The number of nitrogens with one attached hydrogen (secondary N) is 1. The molecule has 0 radical (unpaired) electrons. The molecule has 3 fully saturated rings. The van der Waals surface area contributed by atoms with Crippen LogP contribution in [0.1, 0.15) is 41.1 Å². The minimum absolute atomic E-state index is 0.00355. The summed E-state index contributed by atoms with van der Waals surface area (Å²) in [4.78, 5) is 15.4. The van der Waals surface area contributed by atoms with Crippen molar-refractivity contribution in [2.24, 2.45) is 5.92 Å². The van der Waals surface area contributed by atoms with Gasteiger partial charge in [-0.15, -0.1) is 0 Å². The van der Waals surface area contributed by atoms with Gasteiger partial charge in [-0.3, -0.25) is 4.90 Å². The molecule has 1 unspecified atom stereocenters. The van der Waals surface area contributed by atoms with E-state index in [2.05, 4.69) is 86.8 Å². The van der Waals surface area contributed by atoms with E-state index >= 15 is 0 Å². The average molecular weight is 519 g/mol. The van der Waals surface area contributed by atoms with Gasteiger partial charge >= 0.3 is 6.09 Å². The third kappa shape index (κ3) is 5.70. The molecule has 5 heteroatoms. The highest BCUT2D eigenvalue weighted by Crippen LogP contribution is 2.30. The molecule has 3 aromatic carbocycles. The molecular formula is C29H31BrN2O2. The fourth-order valence-corrected chi connectivity index (χ4v) is 5.47. The molecule has 34 heavy (non-hydrogen) atoms. The Labute approximate surface area is 210 Å². The van der Waals surface area contributed by atoms with Crippen molar-refractivity contribution in [2.45, 2.75) is 37.8 Å². The van der Waals surface area contributed by atoms with E-state index in [1.54, 1.807) is 0 Å². The van der Waals surface area contributed by atoms with Crippen LogP contribution in [0, 0.1) is 5.92 Å². The summed E-state index contributed by atoms with van der Waals surface area (Å²) in [7, 11) is 0. The highest BCUT2D eigenvalue weighted by Gasteiger charge is 2.36. The second-order valence-electron chi connectivity index (χ2n) is 9.44. The Morgan fingerprint density at radius 2 is 1.62 bits per heavy atom. The predicted octanol–water partition coefficient (Wildman–Crippen LogP) is 6.14. The molecule has 1 amide bonds. The number of nitrogens with zero attached hydrogens (tertiary/aromatic N) is 1. The summed E-state index contributed by atoms with van der Waals surface area (Å²) in [6.45, 7) is 3.12.